The largest absolute Gasteiger partial charge is 0.417 e. The van der Waals surface area contributed by atoms with E-state index >= 15 is 26.3 Å². The van der Waals surface area contributed by atoms with Gasteiger partial charge in [-0.05, 0) is 82.9 Å². The Balaban J connectivity index is 1.37. The fourth-order valence-corrected chi connectivity index (χ4v) is 8.77. The molecule has 2 aromatic heterocycles. The van der Waals surface area contributed by atoms with Crippen molar-refractivity contribution < 1.29 is 26.3 Å². The van der Waals surface area contributed by atoms with Crippen molar-refractivity contribution in [3.8, 4) is 85.1 Å². The summed E-state index contributed by atoms with van der Waals surface area (Å²) in [4.78, 5) is 9.85. The zero-order valence-corrected chi connectivity index (χ0v) is 34.9. The molecule has 0 saturated heterocycles. The van der Waals surface area contributed by atoms with Gasteiger partial charge in [-0.15, -0.1) is 0 Å². The van der Waals surface area contributed by atoms with Crippen LogP contribution < -0.4 is 0 Å². The first-order valence-electron chi connectivity index (χ1n) is 20.9. The standard InChI is InChI=1S/C56H31F6N5/c57-55(58,59)47-20-10-7-17-41(47)45-29-38(50-31-49(35-13-3-1-4-14-35)65-54(66-50)36-15-5-2-6-16-36)30-46(42-18-8-11-21-48(42)56(60,61)62)53(45)67-51-22-12-9-19-43(51)44-28-37(24-26-52(44)67)40-25-23-34(32-63)27-39(40)33-64/h1-31H. The summed E-state index contributed by atoms with van der Waals surface area (Å²) in [7, 11) is 0. The Kier molecular flexibility index (Phi) is 10.5. The highest BCUT2D eigenvalue weighted by Gasteiger charge is 2.37. The molecule has 67 heavy (non-hydrogen) atoms. The number of halogens is 6. The first kappa shape index (κ1) is 42.2. The van der Waals surface area contributed by atoms with Crippen LogP contribution in [0.3, 0.4) is 0 Å². The molecule has 0 saturated carbocycles. The number of fused-ring (bicyclic) bond motifs is 3. The first-order valence-corrected chi connectivity index (χ1v) is 20.9. The van der Waals surface area contributed by atoms with Gasteiger partial charge in [0.15, 0.2) is 5.82 Å². The predicted molar refractivity (Wildman–Crippen MR) is 248 cm³/mol. The van der Waals surface area contributed by atoms with Crippen LogP contribution >= 0.6 is 0 Å². The Labute approximate surface area is 379 Å². The number of hydrogen-bond donors (Lipinski definition) is 0. The van der Waals surface area contributed by atoms with Crippen molar-refractivity contribution in [2.24, 2.45) is 0 Å². The van der Waals surface area contributed by atoms with E-state index in [4.69, 9.17) is 9.97 Å². The van der Waals surface area contributed by atoms with Gasteiger partial charge in [0, 0.05) is 38.6 Å². The van der Waals surface area contributed by atoms with Gasteiger partial charge in [-0.1, -0.05) is 127 Å². The van der Waals surface area contributed by atoms with E-state index < -0.39 is 23.5 Å². The second-order valence-corrected chi connectivity index (χ2v) is 15.8. The van der Waals surface area contributed by atoms with Crippen molar-refractivity contribution in [3.05, 3.63) is 210 Å². The zero-order chi connectivity index (χ0) is 46.5. The van der Waals surface area contributed by atoms with E-state index in [1.807, 2.05) is 72.8 Å². The number of nitriles is 2. The summed E-state index contributed by atoms with van der Waals surface area (Å²) in [5, 5.41) is 20.9. The summed E-state index contributed by atoms with van der Waals surface area (Å²) in [6.07, 6.45) is -9.75. The van der Waals surface area contributed by atoms with Gasteiger partial charge in [0.25, 0.3) is 0 Å². The zero-order valence-electron chi connectivity index (χ0n) is 34.9. The minimum absolute atomic E-state index is 0.0101. The molecule has 0 bridgehead atoms. The third kappa shape index (κ3) is 7.73. The van der Waals surface area contributed by atoms with Gasteiger partial charge in [-0.2, -0.15) is 36.9 Å². The van der Waals surface area contributed by atoms with Gasteiger partial charge in [-0.25, -0.2) is 9.97 Å². The summed E-state index contributed by atoms with van der Waals surface area (Å²) in [5.41, 5.74) is 2.57. The maximum atomic E-state index is 15.4. The molecule has 8 aromatic carbocycles. The number of nitrogens with zero attached hydrogens (tertiary/aromatic N) is 5. The van der Waals surface area contributed by atoms with Gasteiger partial charge < -0.3 is 4.57 Å². The molecule has 0 atom stereocenters. The molecule has 322 valence electrons. The van der Waals surface area contributed by atoms with Gasteiger partial charge >= 0.3 is 12.4 Å². The van der Waals surface area contributed by atoms with Crippen LogP contribution in [-0.2, 0) is 12.4 Å². The predicted octanol–water partition coefficient (Wildman–Crippen LogP) is 15.4. The Morgan fingerprint density at radius 3 is 1.54 bits per heavy atom. The number of rotatable bonds is 7. The van der Waals surface area contributed by atoms with E-state index in [0.29, 0.717) is 55.6 Å². The normalized spacial score (nSPS) is 11.7. The van der Waals surface area contributed by atoms with E-state index in [2.05, 4.69) is 12.1 Å². The van der Waals surface area contributed by atoms with Crippen molar-refractivity contribution in [2.45, 2.75) is 12.4 Å². The molecule has 5 nitrogen and oxygen atoms in total. The maximum Gasteiger partial charge on any atom is 0.417 e. The average Bonchev–Trinajstić information content (AvgIpc) is 3.68. The number of aromatic nitrogens is 3. The smallest absolute Gasteiger partial charge is 0.308 e. The molecule has 0 radical (unpaired) electrons. The van der Waals surface area contributed by atoms with Crippen LogP contribution in [0.2, 0.25) is 0 Å². The molecule has 0 aliphatic rings. The van der Waals surface area contributed by atoms with Crippen molar-refractivity contribution >= 4 is 21.8 Å². The molecule has 0 fully saturated rings. The van der Waals surface area contributed by atoms with Crippen LogP contribution in [0.15, 0.2) is 188 Å². The van der Waals surface area contributed by atoms with E-state index in [0.717, 1.165) is 17.7 Å². The SMILES string of the molecule is N#Cc1ccc(-c2ccc3c(c2)c2ccccc2n3-c2c(-c3ccccc3C(F)(F)F)cc(-c3cc(-c4ccccc4)nc(-c4ccccc4)n3)cc2-c2ccccc2C(F)(F)F)c(C#N)c1. The molecule has 0 aliphatic carbocycles. The molecule has 11 heteroatoms. The number of alkyl halides is 6. The topological polar surface area (TPSA) is 78.3 Å². The molecule has 2 heterocycles. The lowest BCUT2D eigenvalue weighted by molar-refractivity contribution is -0.137. The van der Waals surface area contributed by atoms with E-state index in [1.165, 1.54) is 42.5 Å². The lowest BCUT2D eigenvalue weighted by Crippen LogP contribution is -2.11. The van der Waals surface area contributed by atoms with Crippen molar-refractivity contribution in [2.75, 3.05) is 0 Å². The summed E-state index contributed by atoms with van der Waals surface area (Å²) in [6.45, 7) is 0. The Morgan fingerprint density at radius 2 is 0.940 bits per heavy atom. The fraction of sp³-hybridized carbons (Fsp3) is 0.0357. The molecule has 10 rings (SSSR count). The molecule has 0 amide bonds. The number of benzene rings is 8. The summed E-state index contributed by atoms with van der Waals surface area (Å²) in [5.74, 6) is 0.301. The molecule has 0 unspecified atom stereocenters. The Morgan fingerprint density at radius 1 is 0.403 bits per heavy atom. The van der Waals surface area contributed by atoms with Crippen LogP contribution in [0.5, 0.6) is 0 Å². The van der Waals surface area contributed by atoms with Crippen molar-refractivity contribution in [3.63, 3.8) is 0 Å². The van der Waals surface area contributed by atoms with Crippen LogP contribution in [-0.4, -0.2) is 14.5 Å². The lowest BCUT2D eigenvalue weighted by atomic mass is 9.88. The average molecular weight is 888 g/mol. The van der Waals surface area contributed by atoms with Crippen LogP contribution in [0.4, 0.5) is 26.3 Å². The highest BCUT2D eigenvalue weighted by atomic mass is 19.4. The Hall–Kier alpha value is -8.80. The second-order valence-electron chi connectivity index (χ2n) is 15.8. The van der Waals surface area contributed by atoms with Gasteiger partial charge in [-0.3, -0.25) is 0 Å². The number of hydrogen-bond acceptors (Lipinski definition) is 4. The first-order chi connectivity index (χ1) is 32.4. The van der Waals surface area contributed by atoms with Crippen LogP contribution in [0, 0.1) is 22.7 Å². The van der Waals surface area contributed by atoms with Crippen molar-refractivity contribution in [1.29, 1.82) is 10.5 Å². The third-order valence-electron chi connectivity index (χ3n) is 11.8. The second kappa shape index (κ2) is 16.6. The lowest BCUT2D eigenvalue weighted by Gasteiger charge is -2.24. The number of para-hydroxylation sites is 1. The van der Waals surface area contributed by atoms with E-state index in [1.54, 1.807) is 65.2 Å². The summed E-state index contributed by atoms with van der Waals surface area (Å²) >= 11 is 0. The summed E-state index contributed by atoms with van der Waals surface area (Å²) < 4.78 is 93.9. The molecule has 0 spiro atoms. The van der Waals surface area contributed by atoms with Crippen molar-refractivity contribution in [1.82, 2.24) is 14.5 Å². The highest BCUT2D eigenvalue weighted by molar-refractivity contribution is 6.12. The molecule has 10 aromatic rings. The monoisotopic (exact) mass is 887 g/mol. The van der Waals surface area contributed by atoms with E-state index in [9.17, 15) is 10.5 Å². The van der Waals surface area contributed by atoms with Crippen LogP contribution in [0.1, 0.15) is 22.3 Å². The van der Waals surface area contributed by atoms with E-state index in [-0.39, 0.29) is 44.8 Å². The Bertz CT molecular complexity index is 3500. The minimum Gasteiger partial charge on any atom is -0.308 e. The fourth-order valence-electron chi connectivity index (χ4n) is 8.77. The summed E-state index contributed by atoms with van der Waals surface area (Å²) in [6, 6.07) is 54.8. The molecular weight excluding hydrogens is 857 g/mol. The van der Waals surface area contributed by atoms with Gasteiger partial charge in [0.05, 0.1) is 62.5 Å². The van der Waals surface area contributed by atoms with Gasteiger partial charge in [0.2, 0.25) is 0 Å². The quantitative estimate of drug-likeness (QED) is 0.149. The highest BCUT2D eigenvalue weighted by Crippen LogP contribution is 2.49. The molecule has 0 N–H and O–H groups in total. The minimum atomic E-state index is -4.88. The third-order valence-corrected chi connectivity index (χ3v) is 11.8. The van der Waals surface area contributed by atoms with Crippen LogP contribution in [0.25, 0.3) is 94.8 Å². The van der Waals surface area contributed by atoms with Gasteiger partial charge in [0.1, 0.15) is 0 Å². The maximum absolute atomic E-state index is 15.4. The molecular formula is C56H31F6N5. The molecule has 0 aliphatic heterocycles.